The third-order valence-corrected chi connectivity index (χ3v) is 1.04. The van der Waals surface area contributed by atoms with Crippen molar-refractivity contribution in [2.45, 2.75) is 12.8 Å². The van der Waals surface area contributed by atoms with Gasteiger partial charge in [-0.1, -0.05) is 0 Å². The fourth-order valence-electron chi connectivity index (χ4n) is 0.525. The quantitative estimate of drug-likeness (QED) is 0.545. The van der Waals surface area contributed by atoms with E-state index in [1.165, 1.54) is 0 Å². The van der Waals surface area contributed by atoms with Crippen LogP contribution in [0.4, 0.5) is 0 Å². The van der Waals surface area contributed by atoms with Crippen molar-refractivity contribution in [2.24, 2.45) is 5.73 Å². The largest absolute Gasteiger partial charge is 0.480 e. The van der Waals surface area contributed by atoms with E-state index < -0.39 is 5.97 Å². The number of nitrogens with two attached hydrogens (primary N) is 1. The molecule has 0 aliphatic rings. The van der Waals surface area contributed by atoms with Crippen molar-refractivity contribution in [3.63, 3.8) is 0 Å². The second-order valence-corrected chi connectivity index (χ2v) is 2.06. The maximum Gasteiger partial charge on any atom is 0.322 e. The van der Waals surface area contributed by atoms with Crippen LogP contribution in [0.5, 0.6) is 0 Å². The number of carbonyl (C=O) groups is 2. The van der Waals surface area contributed by atoms with Gasteiger partial charge >= 0.3 is 5.97 Å². The first-order valence-corrected chi connectivity index (χ1v) is 3.35. The summed E-state index contributed by atoms with van der Waals surface area (Å²) in [6.45, 7) is 0.129. The Bertz CT molecular complexity index is 152. The maximum absolute atomic E-state index is 10.7. The van der Waals surface area contributed by atoms with Crippen LogP contribution in [0.25, 0.3) is 0 Å². The summed E-state index contributed by atoms with van der Waals surface area (Å²) in [5.74, 6) is -1.30. The lowest BCUT2D eigenvalue weighted by molar-refractivity contribution is -0.137. The van der Waals surface area contributed by atoms with Crippen LogP contribution < -0.4 is 11.1 Å². The lowest BCUT2D eigenvalue weighted by atomic mass is 10.3. The molecular weight excluding hydrogens is 184 g/mol. The van der Waals surface area contributed by atoms with Gasteiger partial charge in [-0.3, -0.25) is 9.59 Å². The standard InChI is InChI=1S/C6H12N2O3.ClH/c7-3-1-2-5(9)8-4-6(10)11;/h1-4,7H2,(H,8,9)(H,10,11);1H. The Morgan fingerprint density at radius 3 is 2.42 bits per heavy atom. The van der Waals surface area contributed by atoms with Gasteiger partial charge < -0.3 is 16.2 Å². The molecule has 0 atom stereocenters. The third-order valence-electron chi connectivity index (χ3n) is 1.04. The van der Waals surface area contributed by atoms with Gasteiger partial charge in [0.1, 0.15) is 6.54 Å². The Labute approximate surface area is 76.7 Å². The lowest BCUT2D eigenvalue weighted by Crippen LogP contribution is -2.29. The molecule has 0 saturated heterocycles. The Morgan fingerprint density at radius 2 is 2.00 bits per heavy atom. The molecule has 6 heteroatoms. The van der Waals surface area contributed by atoms with Crippen molar-refractivity contribution in [3.05, 3.63) is 0 Å². The molecule has 72 valence electrons. The van der Waals surface area contributed by atoms with Crippen molar-refractivity contribution < 1.29 is 14.7 Å². The van der Waals surface area contributed by atoms with Gasteiger partial charge in [0.05, 0.1) is 0 Å². The number of carboxylic acid groups (broad SMARTS) is 1. The number of aliphatic carboxylic acids is 1. The fraction of sp³-hybridized carbons (Fsp3) is 0.667. The number of hydrogen-bond donors (Lipinski definition) is 3. The molecule has 0 aliphatic carbocycles. The summed E-state index contributed by atoms with van der Waals surface area (Å²) in [6, 6.07) is 0. The van der Waals surface area contributed by atoms with Crippen LogP contribution in [-0.4, -0.2) is 30.1 Å². The first-order chi connectivity index (χ1) is 5.16. The second-order valence-electron chi connectivity index (χ2n) is 2.06. The van der Waals surface area contributed by atoms with E-state index in [0.29, 0.717) is 19.4 Å². The molecule has 0 heterocycles. The van der Waals surface area contributed by atoms with E-state index >= 15 is 0 Å². The zero-order chi connectivity index (χ0) is 8.69. The van der Waals surface area contributed by atoms with Gasteiger partial charge in [0.2, 0.25) is 5.91 Å². The summed E-state index contributed by atoms with van der Waals surface area (Å²) in [7, 11) is 0. The van der Waals surface area contributed by atoms with Gasteiger partial charge in [-0.2, -0.15) is 0 Å². The van der Waals surface area contributed by atoms with E-state index in [1.54, 1.807) is 0 Å². The zero-order valence-electron chi connectivity index (χ0n) is 6.58. The molecule has 0 rings (SSSR count). The van der Waals surface area contributed by atoms with E-state index in [2.05, 4.69) is 5.32 Å². The molecule has 1 amide bonds. The fourth-order valence-corrected chi connectivity index (χ4v) is 0.525. The van der Waals surface area contributed by atoms with Crippen molar-refractivity contribution in [1.29, 1.82) is 0 Å². The molecule has 4 N–H and O–H groups in total. The number of amides is 1. The highest BCUT2D eigenvalue weighted by atomic mass is 35.5. The van der Waals surface area contributed by atoms with Gasteiger partial charge in [0, 0.05) is 6.42 Å². The Balaban J connectivity index is 0. The van der Waals surface area contributed by atoms with Crippen LogP contribution in [-0.2, 0) is 9.59 Å². The third kappa shape index (κ3) is 9.19. The minimum atomic E-state index is -1.04. The Hall–Kier alpha value is -0.810. The number of rotatable bonds is 5. The van der Waals surface area contributed by atoms with Crippen molar-refractivity contribution in [1.82, 2.24) is 5.32 Å². The van der Waals surface area contributed by atoms with Crippen LogP contribution in [0.2, 0.25) is 0 Å². The Kier molecular flexibility index (Phi) is 9.50. The van der Waals surface area contributed by atoms with E-state index in [9.17, 15) is 9.59 Å². The number of nitrogens with one attached hydrogen (secondary N) is 1. The van der Waals surface area contributed by atoms with E-state index in [4.69, 9.17) is 10.8 Å². The highest BCUT2D eigenvalue weighted by Crippen LogP contribution is 1.84. The van der Waals surface area contributed by atoms with E-state index in [-0.39, 0.29) is 24.9 Å². The monoisotopic (exact) mass is 196 g/mol. The van der Waals surface area contributed by atoms with Crippen LogP contribution in [0.3, 0.4) is 0 Å². The first-order valence-electron chi connectivity index (χ1n) is 3.35. The van der Waals surface area contributed by atoms with Crippen LogP contribution in [0, 0.1) is 0 Å². The molecule has 0 unspecified atom stereocenters. The molecule has 0 bridgehead atoms. The second kappa shape index (κ2) is 8.29. The smallest absolute Gasteiger partial charge is 0.322 e. The highest BCUT2D eigenvalue weighted by molar-refractivity contribution is 5.85. The van der Waals surface area contributed by atoms with E-state index in [0.717, 1.165) is 0 Å². The molecule has 0 spiro atoms. The minimum Gasteiger partial charge on any atom is -0.480 e. The number of halogens is 1. The Morgan fingerprint density at radius 1 is 1.42 bits per heavy atom. The maximum atomic E-state index is 10.7. The van der Waals surface area contributed by atoms with Gasteiger partial charge in [0.25, 0.3) is 0 Å². The molecular formula is C6H13ClN2O3. The topological polar surface area (TPSA) is 92.4 Å². The molecule has 5 nitrogen and oxygen atoms in total. The molecule has 0 aliphatic heterocycles. The van der Waals surface area contributed by atoms with E-state index in [1.807, 2.05) is 0 Å². The normalized spacial score (nSPS) is 8.42. The van der Waals surface area contributed by atoms with Gasteiger partial charge in [-0.25, -0.2) is 0 Å². The van der Waals surface area contributed by atoms with Crippen molar-refractivity contribution in [2.75, 3.05) is 13.1 Å². The summed E-state index contributed by atoms with van der Waals surface area (Å²) in [5.41, 5.74) is 5.14. The summed E-state index contributed by atoms with van der Waals surface area (Å²) < 4.78 is 0. The van der Waals surface area contributed by atoms with Gasteiger partial charge in [-0.05, 0) is 13.0 Å². The summed E-state index contributed by atoms with van der Waals surface area (Å²) >= 11 is 0. The number of hydrogen-bond acceptors (Lipinski definition) is 3. The predicted molar refractivity (Wildman–Crippen MR) is 46.2 cm³/mol. The minimum absolute atomic E-state index is 0. The molecule has 0 aromatic carbocycles. The van der Waals surface area contributed by atoms with Gasteiger partial charge in [-0.15, -0.1) is 12.4 Å². The van der Waals surface area contributed by atoms with Crippen molar-refractivity contribution >= 4 is 24.3 Å². The highest BCUT2D eigenvalue weighted by Gasteiger charge is 2.01. The van der Waals surface area contributed by atoms with Crippen LogP contribution in [0.15, 0.2) is 0 Å². The zero-order valence-corrected chi connectivity index (χ0v) is 7.39. The van der Waals surface area contributed by atoms with Crippen LogP contribution in [0.1, 0.15) is 12.8 Å². The van der Waals surface area contributed by atoms with Crippen LogP contribution >= 0.6 is 12.4 Å². The predicted octanol–water partition coefficient (Wildman–Crippen LogP) is -0.652. The SMILES string of the molecule is Cl.NCCCC(=O)NCC(=O)O. The molecule has 0 aromatic rings. The number of carboxylic acids is 1. The van der Waals surface area contributed by atoms with Crippen molar-refractivity contribution in [3.8, 4) is 0 Å². The average molecular weight is 197 g/mol. The molecule has 0 radical (unpaired) electrons. The number of carbonyl (C=O) groups excluding carboxylic acids is 1. The lowest BCUT2D eigenvalue weighted by Gasteiger charge is -1.99. The molecule has 0 fully saturated rings. The van der Waals surface area contributed by atoms with Gasteiger partial charge in [0.15, 0.2) is 0 Å². The molecule has 0 saturated carbocycles. The summed E-state index contributed by atoms with van der Waals surface area (Å²) in [5, 5.41) is 10.4. The average Bonchev–Trinajstić information content (AvgIpc) is 1.97. The molecule has 0 aromatic heterocycles. The summed E-state index contributed by atoms with van der Waals surface area (Å²) in [6.07, 6.45) is 0.884. The first kappa shape index (κ1) is 13.8. The summed E-state index contributed by atoms with van der Waals surface area (Å²) in [4.78, 5) is 20.6. The molecule has 12 heavy (non-hydrogen) atoms.